The molecule has 0 aliphatic carbocycles. The molecule has 0 bridgehead atoms. The highest BCUT2D eigenvalue weighted by Crippen LogP contribution is 2.19. The number of fused-ring (bicyclic) bond motifs is 1. The van der Waals surface area contributed by atoms with Crippen molar-refractivity contribution in [2.75, 3.05) is 13.1 Å². The van der Waals surface area contributed by atoms with Gasteiger partial charge in [0.2, 0.25) is 0 Å². The number of aromatic amines is 1. The summed E-state index contributed by atoms with van der Waals surface area (Å²) >= 11 is 0. The Kier molecular flexibility index (Phi) is 2.42. The van der Waals surface area contributed by atoms with Gasteiger partial charge in [-0.3, -0.25) is 4.79 Å². The SMILES string of the molecule is Cc1cc2c([nH]c1=O)CCNCC2C. The van der Waals surface area contributed by atoms with Gasteiger partial charge in [0.1, 0.15) is 0 Å². The Balaban J connectivity index is 2.54. The minimum absolute atomic E-state index is 0.0536. The molecule has 0 aromatic carbocycles. The van der Waals surface area contributed by atoms with Gasteiger partial charge in [0.25, 0.3) is 5.56 Å². The molecule has 3 heteroatoms. The molecule has 0 radical (unpaired) electrons. The first kappa shape index (κ1) is 9.46. The Morgan fingerprint density at radius 3 is 3.07 bits per heavy atom. The standard InChI is InChI=1S/C11H16N2O/c1-7-5-9-8(2)6-12-4-3-10(9)13-11(7)14/h5,8,12H,3-4,6H2,1-2H3,(H,13,14). The monoisotopic (exact) mass is 192 g/mol. The normalized spacial score (nSPS) is 21.4. The van der Waals surface area contributed by atoms with Gasteiger partial charge in [0.15, 0.2) is 0 Å². The van der Waals surface area contributed by atoms with E-state index < -0.39 is 0 Å². The van der Waals surface area contributed by atoms with E-state index in [-0.39, 0.29) is 5.56 Å². The molecule has 1 aromatic rings. The molecular formula is C11H16N2O. The lowest BCUT2D eigenvalue weighted by Gasteiger charge is -2.12. The molecule has 76 valence electrons. The lowest BCUT2D eigenvalue weighted by atomic mass is 9.98. The summed E-state index contributed by atoms with van der Waals surface area (Å²) in [5, 5.41) is 3.36. The molecule has 0 spiro atoms. The van der Waals surface area contributed by atoms with Crippen molar-refractivity contribution in [3.63, 3.8) is 0 Å². The molecule has 3 nitrogen and oxygen atoms in total. The zero-order chi connectivity index (χ0) is 10.1. The van der Waals surface area contributed by atoms with Gasteiger partial charge < -0.3 is 10.3 Å². The van der Waals surface area contributed by atoms with Gasteiger partial charge in [-0.15, -0.1) is 0 Å². The van der Waals surface area contributed by atoms with Gasteiger partial charge in [0.05, 0.1) is 0 Å². The van der Waals surface area contributed by atoms with Gasteiger partial charge in [-0.25, -0.2) is 0 Å². The van der Waals surface area contributed by atoms with Crippen LogP contribution in [0.25, 0.3) is 0 Å². The molecule has 1 aliphatic heterocycles. The van der Waals surface area contributed by atoms with Gasteiger partial charge in [-0.2, -0.15) is 0 Å². The fraction of sp³-hybridized carbons (Fsp3) is 0.545. The second kappa shape index (κ2) is 3.58. The molecular weight excluding hydrogens is 176 g/mol. The number of hydrogen-bond donors (Lipinski definition) is 2. The van der Waals surface area contributed by atoms with Crippen LogP contribution in [0, 0.1) is 6.92 Å². The molecule has 0 saturated heterocycles. The van der Waals surface area contributed by atoms with Crippen molar-refractivity contribution in [1.29, 1.82) is 0 Å². The number of aromatic nitrogens is 1. The van der Waals surface area contributed by atoms with Crippen LogP contribution in [0.1, 0.15) is 29.7 Å². The molecule has 1 unspecified atom stereocenters. The van der Waals surface area contributed by atoms with E-state index in [9.17, 15) is 4.79 Å². The molecule has 0 fully saturated rings. The average molecular weight is 192 g/mol. The first-order valence-corrected chi connectivity index (χ1v) is 5.12. The van der Waals surface area contributed by atoms with Crippen LogP contribution in [0.3, 0.4) is 0 Å². The Hall–Kier alpha value is -1.09. The summed E-state index contributed by atoms with van der Waals surface area (Å²) in [6, 6.07) is 2.03. The maximum atomic E-state index is 11.4. The Labute approximate surface area is 83.5 Å². The minimum atomic E-state index is 0.0536. The Morgan fingerprint density at radius 2 is 2.29 bits per heavy atom. The third kappa shape index (κ3) is 1.60. The zero-order valence-corrected chi connectivity index (χ0v) is 8.68. The van der Waals surface area contributed by atoms with Crippen molar-refractivity contribution in [1.82, 2.24) is 10.3 Å². The highest BCUT2D eigenvalue weighted by atomic mass is 16.1. The second-order valence-corrected chi connectivity index (χ2v) is 4.07. The van der Waals surface area contributed by atoms with Crippen LogP contribution in [-0.4, -0.2) is 18.1 Å². The van der Waals surface area contributed by atoms with Crippen LogP contribution >= 0.6 is 0 Å². The average Bonchev–Trinajstić information content (AvgIpc) is 2.31. The van der Waals surface area contributed by atoms with E-state index in [2.05, 4.69) is 17.2 Å². The van der Waals surface area contributed by atoms with Crippen LogP contribution in [-0.2, 0) is 6.42 Å². The summed E-state index contributed by atoms with van der Waals surface area (Å²) in [4.78, 5) is 14.4. The van der Waals surface area contributed by atoms with Crippen molar-refractivity contribution in [2.45, 2.75) is 26.2 Å². The van der Waals surface area contributed by atoms with E-state index in [0.29, 0.717) is 5.92 Å². The molecule has 2 N–H and O–H groups in total. The molecule has 1 atom stereocenters. The summed E-state index contributed by atoms with van der Waals surface area (Å²) in [5.74, 6) is 0.489. The third-order valence-corrected chi connectivity index (χ3v) is 2.88. The summed E-state index contributed by atoms with van der Waals surface area (Å²) in [6.45, 7) is 6.01. The summed E-state index contributed by atoms with van der Waals surface area (Å²) in [7, 11) is 0. The molecule has 1 aromatic heterocycles. The van der Waals surface area contributed by atoms with Crippen LogP contribution in [0.5, 0.6) is 0 Å². The van der Waals surface area contributed by atoms with Gasteiger partial charge >= 0.3 is 0 Å². The van der Waals surface area contributed by atoms with Crippen molar-refractivity contribution in [2.24, 2.45) is 0 Å². The van der Waals surface area contributed by atoms with Crippen LogP contribution in [0.2, 0.25) is 0 Å². The van der Waals surface area contributed by atoms with E-state index in [0.717, 1.165) is 30.8 Å². The summed E-state index contributed by atoms with van der Waals surface area (Å²) in [5.41, 5.74) is 3.28. The van der Waals surface area contributed by atoms with Crippen molar-refractivity contribution in [3.8, 4) is 0 Å². The van der Waals surface area contributed by atoms with E-state index >= 15 is 0 Å². The predicted octanol–water partition coefficient (Wildman–Crippen LogP) is 0.933. The quantitative estimate of drug-likeness (QED) is 0.642. The Morgan fingerprint density at radius 1 is 1.50 bits per heavy atom. The van der Waals surface area contributed by atoms with Gasteiger partial charge in [0, 0.05) is 30.8 Å². The fourth-order valence-corrected chi connectivity index (χ4v) is 1.98. The first-order chi connectivity index (χ1) is 6.68. The van der Waals surface area contributed by atoms with Crippen molar-refractivity contribution in [3.05, 3.63) is 33.2 Å². The third-order valence-electron chi connectivity index (χ3n) is 2.88. The maximum absolute atomic E-state index is 11.4. The van der Waals surface area contributed by atoms with Crippen LogP contribution < -0.4 is 10.9 Å². The second-order valence-electron chi connectivity index (χ2n) is 4.07. The summed E-state index contributed by atoms with van der Waals surface area (Å²) < 4.78 is 0. The molecule has 1 aliphatic rings. The van der Waals surface area contributed by atoms with E-state index in [1.807, 2.05) is 13.0 Å². The lowest BCUT2D eigenvalue weighted by Crippen LogP contribution is -2.18. The van der Waals surface area contributed by atoms with Gasteiger partial charge in [-0.05, 0) is 24.5 Å². The Bertz CT molecular complexity index is 395. The van der Waals surface area contributed by atoms with E-state index in [1.54, 1.807) is 0 Å². The molecule has 0 saturated carbocycles. The molecule has 14 heavy (non-hydrogen) atoms. The first-order valence-electron chi connectivity index (χ1n) is 5.12. The topological polar surface area (TPSA) is 44.9 Å². The zero-order valence-electron chi connectivity index (χ0n) is 8.68. The summed E-state index contributed by atoms with van der Waals surface area (Å²) in [6.07, 6.45) is 0.926. The number of hydrogen-bond acceptors (Lipinski definition) is 2. The highest BCUT2D eigenvalue weighted by molar-refractivity contribution is 5.29. The minimum Gasteiger partial charge on any atom is -0.326 e. The van der Waals surface area contributed by atoms with E-state index in [4.69, 9.17) is 0 Å². The molecule has 2 heterocycles. The number of H-pyrrole nitrogens is 1. The van der Waals surface area contributed by atoms with Crippen LogP contribution in [0.4, 0.5) is 0 Å². The lowest BCUT2D eigenvalue weighted by molar-refractivity contribution is 0.644. The van der Waals surface area contributed by atoms with Crippen LogP contribution in [0.15, 0.2) is 10.9 Å². The number of pyridine rings is 1. The van der Waals surface area contributed by atoms with Gasteiger partial charge in [-0.1, -0.05) is 6.92 Å². The number of nitrogens with one attached hydrogen (secondary N) is 2. The smallest absolute Gasteiger partial charge is 0.251 e. The van der Waals surface area contributed by atoms with E-state index in [1.165, 1.54) is 5.56 Å². The van der Waals surface area contributed by atoms with Crippen molar-refractivity contribution < 1.29 is 0 Å². The largest absolute Gasteiger partial charge is 0.326 e. The molecule has 0 amide bonds. The maximum Gasteiger partial charge on any atom is 0.251 e. The van der Waals surface area contributed by atoms with Crippen molar-refractivity contribution >= 4 is 0 Å². The number of rotatable bonds is 0. The number of aryl methyl sites for hydroxylation is 1. The predicted molar refractivity (Wildman–Crippen MR) is 56.8 cm³/mol. The fourth-order valence-electron chi connectivity index (χ4n) is 1.98. The highest BCUT2D eigenvalue weighted by Gasteiger charge is 2.15. The molecule has 2 rings (SSSR count).